The van der Waals surface area contributed by atoms with Gasteiger partial charge in [0.15, 0.2) is 0 Å². The predicted octanol–water partition coefficient (Wildman–Crippen LogP) is 7.86. The van der Waals surface area contributed by atoms with E-state index in [0.717, 1.165) is 29.7 Å². The molecule has 0 bridgehead atoms. The van der Waals surface area contributed by atoms with Crippen molar-refractivity contribution in [1.82, 2.24) is 0 Å². The third-order valence-electron chi connectivity index (χ3n) is 7.69. The summed E-state index contributed by atoms with van der Waals surface area (Å²) in [4.78, 5) is 0. The minimum Gasteiger partial charge on any atom is -0.497 e. The van der Waals surface area contributed by atoms with Crippen LogP contribution >= 0.6 is 0 Å². The Morgan fingerprint density at radius 2 is 1.70 bits per heavy atom. The molecule has 2 nitrogen and oxygen atoms in total. The van der Waals surface area contributed by atoms with Gasteiger partial charge in [-0.25, -0.2) is 4.39 Å². The fraction of sp³-hybridized carbons (Fsp3) is 0.400. The normalized spacial score (nSPS) is 18.8. The van der Waals surface area contributed by atoms with Gasteiger partial charge in [-0.15, -0.1) is 0 Å². The molecule has 3 aromatic rings. The van der Waals surface area contributed by atoms with Gasteiger partial charge in [-0.1, -0.05) is 44.5 Å². The van der Waals surface area contributed by atoms with E-state index in [4.69, 9.17) is 9.47 Å². The molecule has 2 aliphatic carbocycles. The molecule has 0 aromatic heterocycles. The molecule has 0 N–H and O–H groups in total. The van der Waals surface area contributed by atoms with E-state index in [9.17, 15) is 4.39 Å². The molecule has 0 saturated heterocycles. The highest BCUT2D eigenvalue weighted by molar-refractivity contribution is 5.71. The van der Waals surface area contributed by atoms with Crippen LogP contribution in [0.5, 0.6) is 11.5 Å². The second kappa shape index (κ2) is 8.85. The average Bonchev–Trinajstić information content (AvgIpc) is 3.43. The Hall–Kier alpha value is -2.81. The quantitative estimate of drug-likeness (QED) is 0.385. The van der Waals surface area contributed by atoms with E-state index in [0.29, 0.717) is 23.8 Å². The van der Waals surface area contributed by atoms with Crippen LogP contribution in [0.25, 0.3) is 11.1 Å². The van der Waals surface area contributed by atoms with Gasteiger partial charge < -0.3 is 9.47 Å². The lowest BCUT2D eigenvalue weighted by molar-refractivity contribution is 0.304. The van der Waals surface area contributed by atoms with E-state index in [-0.39, 0.29) is 11.2 Å². The van der Waals surface area contributed by atoms with E-state index in [1.165, 1.54) is 48.4 Å². The third-order valence-corrected chi connectivity index (χ3v) is 7.69. The van der Waals surface area contributed by atoms with Gasteiger partial charge in [0.2, 0.25) is 0 Å². The maximum absolute atomic E-state index is 14.9. The van der Waals surface area contributed by atoms with Crippen molar-refractivity contribution in [3.8, 4) is 22.6 Å². The van der Waals surface area contributed by atoms with E-state index in [2.05, 4.69) is 50.2 Å². The monoisotopic (exact) mass is 444 g/mol. The summed E-state index contributed by atoms with van der Waals surface area (Å²) in [7, 11) is 1.62. The van der Waals surface area contributed by atoms with Crippen LogP contribution in [0.15, 0.2) is 54.6 Å². The Morgan fingerprint density at radius 1 is 0.879 bits per heavy atom. The van der Waals surface area contributed by atoms with Crippen LogP contribution in [0, 0.1) is 11.2 Å². The highest BCUT2D eigenvalue weighted by atomic mass is 19.1. The minimum absolute atomic E-state index is 0.184. The van der Waals surface area contributed by atoms with Gasteiger partial charge in [0.1, 0.15) is 23.9 Å². The second-order valence-corrected chi connectivity index (χ2v) is 10.3. The Balaban J connectivity index is 1.49. The maximum Gasteiger partial charge on any atom is 0.131 e. The summed E-state index contributed by atoms with van der Waals surface area (Å²) in [5.74, 6) is 1.78. The van der Waals surface area contributed by atoms with Gasteiger partial charge in [0, 0.05) is 5.56 Å². The average molecular weight is 445 g/mol. The minimum atomic E-state index is -0.213. The fourth-order valence-electron chi connectivity index (χ4n) is 5.78. The van der Waals surface area contributed by atoms with Crippen molar-refractivity contribution in [1.29, 1.82) is 0 Å². The number of halogens is 1. The van der Waals surface area contributed by atoms with Gasteiger partial charge in [0.05, 0.1) is 7.11 Å². The van der Waals surface area contributed by atoms with Gasteiger partial charge in [-0.2, -0.15) is 0 Å². The highest BCUT2D eigenvalue weighted by Gasteiger charge is 2.37. The Bertz CT molecular complexity index is 1160. The molecular weight excluding hydrogens is 411 g/mol. The first-order chi connectivity index (χ1) is 15.9. The van der Waals surface area contributed by atoms with Crippen LogP contribution in [0.2, 0.25) is 0 Å². The molecular formula is C30H33FO2. The molecule has 5 rings (SSSR count). The first-order valence-electron chi connectivity index (χ1n) is 12.2. The first kappa shape index (κ1) is 22.0. The lowest BCUT2D eigenvalue weighted by Crippen LogP contribution is -2.17. The largest absolute Gasteiger partial charge is 0.497 e. The van der Waals surface area contributed by atoms with Crippen molar-refractivity contribution in [2.75, 3.05) is 7.11 Å². The lowest BCUT2D eigenvalue weighted by atomic mass is 9.75. The number of hydrogen-bond acceptors (Lipinski definition) is 2. The summed E-state index contributed by atoms with van der Waals surface area (Å²) >= 11 is 0. The lowest BCUT2D eigenvalue weighted by Gasteiger charge is -2.30. The summed E-state index contributed by atoms with van der Waals surface area (Å²) in [5, 5.41) is 0. The van der Waals surface area contributed by atoms with Gasteiger partial charge >= 0.3 is 0 Å². The molecule has 0 spiro atoms. The highest BCUT2D eigenvalue weighted by Crippen LogP contribution is 2.51. The molecule has 1 unspecified atom stereocenters. The van der Waals surface area contributed by atoms with Crippen LogP contribution < -0.4 is 9.47 Å². The summed E-state index contributed by atoms with van der Waals surface area (Å²) < 4.78 is 26.5. The fourth-order valence-corrected chi connectivity index (χ4v) is 5.78. The number of fused-ring (bicyclic) bond motifs is 1. The van der Waals surface area contributed by atoms with E-state index >= 15 is 0 Å². The Morgan fingerprint density at radius 3 is 2.48 bits per heavy atom. The molecule has 3 aromatic carbocycles. The van der Waals surface area contributed by atoms with Crippen molar-refractivity contribution < 1.29 is 13.9 Å². The summed E-state index contributed by atoms with van der Waals surface area (Å²) in [6.45, 7) is 5.19. The molecule has 1 fully saturated rings. The van der Waals surface area contributed by atoms with E-state index < -0.39 is 0 Å². The van der Waals surface area contributed by atoms with Crippen LogP contribution in [0.3, 0.4) is 0 Å². The standard InChI is InChI=1S/C30H33FO2/c1-30(2)15-5-8-28(30)26-16-20(19-33-24-11-10-21-6-4-7-22(21)17-24)9-13-25(26)27-18-23(32-3)12-14-29(27)31/h9-14,16-18,28H,4-8,15,19H2,1-3H3. The molecule has 0 amide bonds. The SMILES string of the molecule is COc1ccc(F)c(-c2ccc(COc3ccc4c(c3)CCC4)cc2C2CCCC2(C)C)c1. The summed E-state index contributed by atoms with van der Waals surface area (Å²) in [5.41, 5.74) is 6.98. The summed E-state index contributed by atoms with van der Waals surface area (Å²) in [6.07, 6.45) is 7.08. The predicted molar refractivity (Wildman–Crippen MR) is 132 cm³/mol. The zero-order chi connectivity index (χ0) is 23.0. The molecule has 0 aliphatic heterocycles. The second-order valence-electron chi connectivity index (χ2n) is 10.3. The van der Waals surface area contributed by atoms with Crippen LogP contribution in [0.4, 0.5) is 4.39 Å². The number of rotatable bonds is 6. The van der Waals surface area contributed by atoms with Crippen molar-refractivity contribution in [3.05, 3.63) is 82.7 Å². The topological polar surface area (TPSA) is 18.5 Å². The molecule has 2 aliphatic rings. The van der Waals surface area contributed by atoms with Crippen molar-refractivity contribution in [2.45, 2.75) is 64.9 Å². The van der Waals surface area contributed by atoms with E-state index in [1.54, 1.807) is 13.2 Å². The van der Waals surface area contributed by atoms with Gasteiger partial charge in [-0.3, -0.25) is 0 Å². The number of ether oxygens (including phenoxy) is 2. The zero-order valence-electron chi connectivity index (χ0n) is 19.9. The number of hydrogen-bond donors (Lipinski definition) is 0. The summed E-state index contributed by atoms with van der Waals surface area (Å²) in [6, 6.07) is 17.9. The van der Waals surface area contributed by atoms with Crippen LogP contribution in [0.1, 0.15) is 67.7 Å². The van der Waals surface area contributed by atoms with Crippen LogP contribution in [-0.4, -0.2) is 7.11 Å². The van der Waals surface area contributed by atoms with Gasteiger partial charge in [0.25, 0.3) is 0 Å². The van der Waals surface area contributed by atoms with Crippen molar-refractivity contribution in [2.24, 2.45) is 5.41 Å². The molecule has 1 atom stereocenters. The smallest absolute Gasteiger partial charge is 0.131 e. The molecule has 0 heterocycles. The molecule has 172 valence electrons. The molecule has 1 saturated carbocycles. The van der Waals surface area contributed by atoms with E-state index in [1.807, 2.05) is 6.07 Å². The maximum atomic E-state index is 14.9. The van der Waals surface area contributed by atoms with Crippen molar-refractivity contribution in [3.63, 3.8) is 0 Å². The number of methoxy groups -OCH3 is 1. The Labute approximate surface area is 196 Å². The number of aryl methyl sites for hydroxylation is 2. The van der Waals surface area contributed by atoms with Crippen LogP contribution in [-0.2, 0) is 19.4 Å². The van der Waals surface area contributed by atoms with Crippen molar-refractivity contribution >= 4 is 0 Å². The molecule has 33 heavy (non-hydrogen) atoms. The third kappa shape index (κ3) is 4.38. The number of benzene rings is 3. The zero-order valence-corrected chi connectivity index (χ0v) is 19.9. The first-order valence-corrected chi connectivity index (χ1v) is 12.2. The Kier molecular flexibility index (Phi) is 5.90. The van der Waals surface area contributed by atoms with Gasteiger partial charge in [-0.05, 0) is 102 Å². The molecule has 0 radical (unpaired) electrons. The molecule has 3 heteroatoms.